The van der Waals surface area contributed by atoms with E-state index in [2.05, 4.69) is 10.6 Å². The Morgan fingerprint density at radius 3 is 2.21 bits per heavy atom. The Bertz CT molecular complexity index is 589. The fraction of sp³-hybridized carbons (Fsp3) is 0.375. The first-order valence-electron chi connectivity index (χ1n) is 7.47. The van der Waals surface area contributed by atoms with Crippen molar-refractivity contribution in [3.63, 3.8) is 0 Å². The highest BCUT2D eigenvalue weighted by atomic mass is 16.4. The first kappa shape index (κ1) is 19.1. The Kier molecular flexibility index (Phi) is 7.97. The molecule has 1 aromatic carbocycles. The molecule has 130 valence electrons. The predicted molar refractivity (Wildman–Crippen MR) is 87.4 cm³/mol. The molecule has 3 N–H and O–H groups in total. The van der Waals surface area contributed by atoms with Gasteiger partial charge in [0.05, 0.1) is 6.54 Å². The smallest absolute Gasteiger partial charge is 0.322 e. The third kappa shape index (κ3) is 7.39. The number of hydrogen-bond acceptors (Lipinski definition) is 4. The van der Waals surface area contributed by atoms with Gasteiger partial charge in [-0.1, -0.05) is 18.2 Å². The van der Waals surface area contributed by atoms with Crippen LogP contribution in [0, 0.1) is 0 Å². The van der Waals surface area contributed by atoms with Gasteiger partial charge in [0, 0.05) is 25.6 Å². The third-order valence-electron chi connectivity index (χ3n) is 3.19. The minimum absolute atomic E-state index is 0.104. The number of carboxylic acid groups (broad SMARTS) is 1. The average molecular weight is 335 g/mol. The molecule has 1 aromatic rings. The van der Waals surface area contributed by atoms with E-state index in [4.69, 9.17) is 5.11 Å². The molecule has 0 bridgehead atoms. The molecule has 0 aliphatic carbocycles. The van der Waals surface area contributed by atoms with Crippen LogP contribution in [-0.2, 0) is 19.2 Å². The van der Waals surface area contributed by atoms with Crippen molar-refractivity contribution in [3.8, 4) is 0 Å². The Morgan fingerprint density at radius 1 is 0.958 bits per heavy atom. The molecule has 1 rings (SSSR count). The molecule has 0 heterocycles. The number of amides is 3. The van der Waals surface area contributed by atoms with Gasteiger partial charge in [-0.05, 0) is 18.6 Å². The van der Waals surface area contributed by atoms with Gasteiger partial charge in [0.2, 0.25) is 17.7 Å². The number of nitrogens with one attached hydrogen (secondary N) is 2. The highest BCUT2D eigenvalue weighted by molar-refractivity contribution is 5.93. The molecule has 0 unspecified atom stereocenters. The summed E-state index contributed by atoms with van der Waals surface area (Å²) in [5, 5.41) is 12.9. The van der Waals surface area contributed by atoms with Crippen LogP contribution >= 0.6 is 0 Å². The number of aliphatic carboxylic acids is 1. The van der Waals surface area contributed by atoms with Crippen molar-refractivity contribution in [1.29, 1.82) is 0 Å². The molecule has 0 saturated heterocycles. The minimum Gasteiger partial charge on any atom is -0.480 e. The fourth-order valence-corrected chi connectivity index (χ4v) is 1.87. The maximum atomic E-state index is 12.0. The summed E-state index contributed by atoms with van der Waals surface area (Å²) in [7, 11) is 1.67. The lowest BCUT2D eigenvalue weighted by molar-refractivity contribution is -0.137. The monoisotopic (exact) mass is 335 g/mol. The van der Waals surface area contributed by atoms with Crippen LogP contribution in [0.1, 0.15) is 19.3 Å². The molecule has 0 fully saturated rings. The molecule has 0 aliphatic heterocycles. The third-order valence-corrected chi connectivity index (χ3v) is 3.19. The summed E-state index contributed by atoms with van der Waals surface area (Å²) in [6.45, 7) is -0.779. The van der Waals surface area contributed by atoms with Crippen molar-refractivity contribution >= 4 is 29.4 Å². The zero-order chi connectivity index (χ0) is 17.9. The van der Waals surface area contributed by atoms with Crippen LogP contribution in [0.15, 0.2) is 30.3 Å². The van der Waals surface area contributed by atoms with Gasteiger partial charge in [-0.25, -0.2) is 0 Å². The second-order valence-corrected chi connectivity index (χ2v) is 5.09. The molecule has 0 atom stereocenters. The van der Waals surface area contributed by atoms with E-state index in [1.54, 1.807) is 7.05 Å². The number of benzene rings is 1. The maximum Gasteiger partial charge on any atom is 0.322 e. The molecular formula is C16H21N3O5. The molecule has 8 nitrogen and oxygen atoms in total. The summed E-state index contributed by atoms with van der Waals surface area (Å²) >= 11 is 0. The molecule has 3 amide bonds. The zero-order valence-electron chi connectivity index (χ0n) is 13.4. The van der Waals surface area contributed by atoms with Crippen molar-refractivity contribution in [2.75, 3.05) is 25.0 Å². The quantitative estimate of drug-likeness (QED) is 0.593. The number of rotatable bonds is 9. The number of anilines is 1. The Labute approximate surface area is 139 Å². The van der Waals surface area contributed by atoms with Gasteiger partial charge in [-0.15, -0.1) is 0 Å². The van der Waals surface area contributed by atoms with Gasteiger partial charge in [0.1, 0.15) is 6.54 Å². The standard InChI is InChI=1S/C16H21N3O5/c1-19(12-6-3-2-4-7-12)15(22)9-5-8-13(20)17-10-14(21)18-11-16(23)24/h2-4,6-7H,5,8-11H2,1H3,(H,17,20)(H,18,21)(H,23,24). The molecule has 0 spiro atoms. The highest BCUT2D eigenvalue weighted by Gasteiger charge is 2.12. The largest absolute Gasteiger partial charge is 0.480 e. The first-order chi connectivity index (χ1) is 11.4. The fourth-order valence-electron chi connectivity index (χ4n) is 1.87. The van der Waals surface area contributed by atoms with Gasteiger partial charge >= 0.3 is 5.97 Å². The maximum absolute atomic E-state index is 12.0. The van der Waals surface area contributed by atoms with E-state index in [1.165, 1.54) is 4.90 Å². The van der Waals surface area contributed by atoms with Gasteiger partial charge in [0.15, 0.2) is 0 Å². The number of hydrogen-bond donors (Lipinski definition) is 3. The lowest BCUT2D eigenvalue weighted by Gasteiger charge is -2.17. The molecular weight excluding hydrogens is 314 g/mol. The van der Waals surface area contributed by atoms with Crippen molar-refractivity contribution in [2.24, 2.45) is 0 Å². The summed E-state index contributed by atoms with van der Waals surface area (Å²) < 4.78 is 0. The number of carbonyl (C=O) groups excluding carboxylic acids is 3. The summed E-state index contributed by atoms with van der Waals surface area (Å²) in [4.78, 5) is 46.6. The van der Waals surface area contributed by atoms with Crippen molar-refractivity contribution in [1.82, 2.24) is 10.6 Å². The summed E-state index contributed by atoms with van der Waals surface area (Å²) in [6, 6.07) is 9.17. The number of carboxylic acids is 1. The normalized spacial score (nSPS) is 9.88. The summed E-state index contributed by atoms with van der Waals surface area (Å²) in [5.41, 5.74) is 0.780. The van der Waals surface area contributed by atoms with E-state index >= 15 is 0 Å². The van der Waals surface area contributed by atoms with Crippen LogP contribution in [0.2, 0.25) is 0 Å². The number of carbonyl (C=O) groups is 4. The van der Waals surface area contributed by atoms with Gasteiger partial charge in [-0.2, -0.15) is 0 Å². The second kappa shape index (κ2) is 9.98. The van der Waals surface area contributed by atoms with E-state index in [0.29, 0.717) is 6.42 Å². The second-order valence-electron chi connectivity index (χ2n) is 5.09. The number of para-hydroxylation sites is 1. The topological polar surface area (TPSA) is 116 Å². The highest BCUT2D eigenvalue weighted by Crippen LogP contribution is 2.13. The van der Waals surface area contributed by atoms with Crippen LogP contribution in [0.5, 0.6) is 0 Å². The van der Waals surface area contributed by atoms with E-state index in [9.17, 15) is 19.2 Å². The minimum atomic E-state index is -1.16. The molecule has 0 saturated carbocycles. The van der Waals surface area contributed by atoms with Crippen LogP contribution in [0.25, 0.3) is 0 Å². The lowest BCUT2D eigenvalue weighted by atomic mass is 10.2. The van der Waals surface area contributed by atoms with Gasteiger partial charge in [-0.3, -0.25) is 19.2 Å². The lowest BCUT2D eigenvalue weighted by Crippen LogP contribution is -2.39. The van der Waals surface area contributed by atoms with E-state index < -0.39 is 18.4 Å². The van der Waals surface area contributed by atoms with E-state index in [0.717, 1.165) is 5.69 Å². The van der Waals surface area contributed by atoms with Crippen LogP contribution < -0.4 is 15.5 Å². The van der Waals surface area contributed by atoms with Crippen molar-refractivity contribution < 1.29 is 24.3 Å². The predicted octanol–water partition coefficient (Wildman–Crippen LogP) is 0.137. The molecule has 0 radical (unpaired) electrons. The molecule has 24 heavy (non-hydrogen) atoms. The van der Waals surface area contributed by atoms with E-state index in [-0.39, 0.29) is 31.2 Å². The number of nitrogens with zero attached hydrogens (tertiary/aromatic N) is 1. The van der Waals surface area contributed by atoms with Crippen molar-refractivity contribution in [2.45, 2.75) is 19.3 Å². The molecule has 8 heteroatoms. The first-order valence-corrected chi connectivity index (χ1v) is 7.47. The van der Waals surface area contributed by atoms with Gasteiger partial charge in [0.25, 0.3) is 0 Å². The summed E-state index contributed by atoms with van der Waals surface area (Å²) in [5.74, 6) is -2.20. The van der Waals surface area contributed by atoms with E-state index in [1.807, 2.05) is 30.3 Å². The Balaban J connectivity index is 2.22. The van der Waals surface area contributed by atoms with Crippen LogP contribution in [-0.4, -0.2) is 48.9 Å². The van der Waals surface area contributed by atoms with Gasteiger partial charge < -0.3 is 20.6 Å². The zero-order valence-corrected chi connectivity index (χ0v) is 13.4. The van der Waals surface area contributed by atoms with Crippen LogP contribution in [0.4, 0.5) is 5.69 Å². The van der Waals surface area contributed by atoms with Crippen LogP contribution in [0.3, 0.4) is 0 Å². The van der Waals surface area contributed by atoms with Crippen molar-refractivity contribution in [3.05, 3.63) is 30.3 Å². The summed E-state index contributed by atoms with van der Waals surface area (Å²) in [6.07, 6.45) is 0.684. The average Bonchev–Trinajstić information content (AvgIpc) is 2.58. The molecule has 0 aliphatic rings. The molecule has 0 aromatic heterocycles. The SMILES string of the molecule is CN(C(=O)CCCC(=O)NCC(=O)NCC(=O)O)c1ccccc1. The Hall–Kier alpha value is -2.90. The Morgan fingerprint density at radius 2 is 1.58 bits per heavy atom.